The normalized spacial score (nSPS) is 23.9. The molecule has 0 aromatic heterocycles. The van der Waals surface area contributed by atoms with Crippen molar-refractivity contribution in [3.05, 3.63) is 23.5 Å². The van der Waals surface area contributed by atoms with Crippen molar-refractivity contribution < 1.29 is 8.78 Å². The molecule has 0 bridgehead atoms. The van der Waals surface area contributed by atoms with Crippen LogP contribution in [0.5, 0.6) is 0 Å². The summed E-state index contributed by atoms with van der Waals surface area (Å²) in [4.78, 5) is 4.48. The molecule has 6 heteroatoms. The minimum Gasteiger partial charge on any atom is -0.287 e. The molecule has 0 radical (unpaired) electrons. The Kier molecular flexibility index (Phi) is 6.12. The van der Waals surface area contributed by atoms with Gasteiger partial charge in [0.15, 0.2) is 0 Å². The van der Waals surface area contributed by atoms with Crippen molar-refractivity contribution in [1.82, 2.24) is 5.01 Å². The van der Waals surface area contributed by atoms with Crippen LogP contribution in [0.3, 0.4) is 0 Å². The molecule has 2 rings (SSSR count). The maximum atomic E-state index is 13.4. The van der Waals surface area contributed by atoms with E-state index in [0.29, 0.717) is 12.3 Å². The van der Waals surface area contributed by atoms with Crippen molar-refractivity contribution in [1.29, 1.82) is 0 Å². The first kappa shape index (κ1) is 18.3. The number of halogens is 3. The van der Waals surface area contributed by atoms with Gasteiger partial charge in [0.25, 0.3) is 0 Å². The van der Waals surface area contributed by atoms with Gasteiger partial charge in [0.05, 0.1) is 11.4 Å². The van der Waals surface area contributed by atoms with Gasteiger partial charge in [-0.3, -0.25) is 4.99 Å². The van der Waals surface area contributed by atoms with E-state index in [2.05, 4.69) is 52.0 Å². The lowest BCUT2D eigenvalue weighted by atomic mass is 10.1. The van der Waals surface area contributed by atoms with Crippen LogP contribution in [-0.4, -0.2) is 27.8 Å². The molecule has 1 atom stereocenters. The van der Waals surface area contributed by atoms with E-state index >= 15 is 0 Å². The Bertz CT molecular complexity index is 564. The Morgan fingerprint density at radius 1 is 1.43 bits per heavy atom. The van der Waals surface area contributed by atoms with Crippen molar-refractivity contribution in [2.75, 3.05) is 6.54 Å². The highest BCUT2D eigenvalue weighted by atomic mass is 79.9. The SMILES string of the molecule is CCC1=CC(C)CC=C2C(=NCCC(F)(F)CC)CC(Br)=NN12. The molecule has 0 saturated carbocycles. The van der Waals surface area contributed by atoms with Gasteiger partial charge < -0.3 is 0 Å². The smallest absolute Gasteiger partial charge is 0.249 e. The van der Waals surface area contributed by atoms with Crippen molar-refractivity contribution in [3.8, 4) is 0 Å². The molecule has 2 aliphatic rings. The fraction of sp³-hybridized carbons (Fsp3) is 0.647. The van der Waals surface area contributed by atoms with Crippen LogP contribution in [0.15, 0.2) is 33.6 Å². The Balaban J connectivity index is 2.25. The third kappa shape index (κ3) is 4.72. The Hall–Kier alpha value is -1.04. The summed E-state index contributed by atoms with van der Waals surface area (Å²) in [6.45, 7) is 5.91. The van der Waals surface area contributed by atoms with Gasteiger partial charge in [0, 0.05) is 31.5 Å². The number of aliphatic imine (C=N–C) groups is 1. The third-order valence-corrected chi connectivity index (χ3v) is 4.58. The number of rotatable bonds is 5. The predicted molar refractivity (Wildman–Crippen MR) is 95.2 cm³/mol. The van der Waals surface area contributed by atoms with Gasteiger partial charge in [-0.25, -0.2) is 13.8 Å². The molecule has 0 aliphatic carbocycles. The predicted octanol–water partition coefficient (Wildman–Crippen LogP) is 5.49. The van der Waals surface area contributed by atoms with Crippen LogP contribution in [0.2, 0.25) is 0 Å². The van der Waals surface area contributed by atoms with Crippen LogP contribution < -0.4 is 0 Å². The lowest BCUT2D eigenvalue weighted by Crippen LogP contribution is -2.29. The molecule has 0 aromatic rings. The Morgan fingerprint density at radius 2 is 2.17 bits per heavy atom. The van der Waals surface area contributed by atoms with Gasteiger partial charge in [0.2, 0.25) is 5.92 Å². The molecule has 0 saturated heterocycles. The van der Waals surface area contributed by atoms with Crippen LogP contribution in [0.4, 0.5) is 8.78 Å². The number of fused-ring (bicyclic) bond motifs is 1. The lowest BCUT2D eigenvalue weighted by Gasteiger charge is -2.29. The molecule has 128 valence electrons. The van der Waals surface area contributed by atoms with E-state index < -0.39 is 5.92 Å². The van der Waals surface area contributed by atoms with Crippen molar-refractivity contribution in [3.63, 3.8) is 0 Å². The van der Waals surface area contributed by atoms with E-state index in [1.807, 2.05) is 5.01 Å². The Morgan fingerprint density at radius 3 is 2.83 bits per heavy atom. The molecule has 2 heterocycles. The number of nitrogens with zero attached hydrogens (tertiary/aromatic N) is 3. The summed E-state index contributed by atoms with van der Waals surface area (Å²) in [6, 6.07) is 0. The van der Waals surface area contributed by atoms with Crippen LogP contribution in [-0.2, 0) is 0 Å². The first-order valence-electron chi connectivity index (χ1n) is 8.21. The molecule has 23 heavy (non-hydrogen) atoms. The summed E-state index contributed by atoms with van der Waals surface area (Å²) in [7, 11) is 0. The number of hydrogen-bond acceptors (Lipinski definition) is 3. The zero-order valence-corrected chi connectivity index (χ0v) is 15.5. The number of alkyl halides is 2. The standard InChI is InChI=1S/C17H24BrF2N3/c1-4-13-10-12(3)6-7-15-14(11-16(18)22-23(13)15)21-9-8-17(19,20)5-2/h7,10,12H,4-6,8-9,11H2,1-3H3. The maximum absolute atomic E-state index is 13.4. The minimum atomic E-state index is -2.63. The average Bonchev–Trinajstić information content (AvgIpc) is 2.66. The van der Waals surface area contributed by atoms with E-state index in [4.69, 9.17) is 0 Å². The van der Waals surface area contributed by atoms with Gasteiger partial charge in [-0.15, -0.1) is 0 Å². The van der Waals surface area contributed by atoms with Crippen molar-refractivity contribution >= 4 is 26.3 Å². The average molecular weight is 388 g/mol. The number of allylic oxidation sites excluding steroid dienone is 4. The molecular weight excluding hydrogens is 364 g/mol. The van der Waals surface area contributed by atoms with Crippen LogP contribution >= 0.6 is 15.9 Å². The number of hydrogen-bond donors (Lipinski definition) is 0. The summed E-state index contributed by atoms with van der Waals surface area (Å²) >= 11 is 3.46. The van der Waals surface area contributed by atoms with E-state index in [9.17, 15) is 8.78 Å². The largest absolute Gasteiger partial charge is 0.287 e. The molecule has 0 fully saturated rings. The summed E-state index contributed by atoms with van der Waals surface area (Å²) in [5.41, 5.74) is 2.92. The van der Waals surface area contributed by atoms with Crippen molar-refractivity contribution in [2.45, 2.75) is 58.8 Å². The number of hydrazone groups is 1. The van der Waals surface area contributed by atoms with Gasteiger partial charge in [-0.05, 0) is 34.7 Å². The first-order chi connectivity index (χ1) is 10.9. The monoisotopic (exact) mass is 387 g/mol. The molecule has 0 aromatic carbocycles. The first-order valence-corrected chi connectivity index (χ1v) is 9.01. The van der Waals surface area contributed by atoms with E-state index in [-0.39, 0.29) is 19.4 Å². The molecule has 0 N–H and O–H groups in total. The van der Waals surface area contributed by atoms with Crippen molar-refractivity contribution in [2.24, 2.45) is 16.0 Å². The molecule has 2 aliphatic heterocycles. The van der Waals surface area contributed by atoms with E-state index in [1.165, 1.54) is 6.92 Å². The molecule has 1 unspecified atom stereocenters. The third-order valence-electron chi connectivity index (χ3n) is 4.14. The van der Waals surface area contributed by atoms with Gasteiger partial charge in [-0.1, -0.05) is 32.9 Å². The molecule has 0 spiro atoms. The highest BCUT2D eigenvalue weighted by Crippen LogP contribution is 2.31. The quantitative estimate of drug-likeness (QED) is 0.612. The minimum absolute atomic E-state index is 0.141. The van der Waals surface area contributed by atoms with Gasteiger partial charge in [-0.2, -0.15) is 5.10 Å². The van der Waals surface area contributed by atoms with E-state index in [1.54, 1.807) is 0 Å². The summed E-state index contributed by atoms with van der Waals surface area (Å²) < 4.78 is 27.6. The molecule has 3 nitrogen and oxygen atoms in total. The van der Waals surface area contributed by atoms with Gasteiger partial charge in [0.1, 0.15) is 4.62 Å². The van der Waals surface area contributed by atoms with Crippen LogP contribution in [0, 0.1) is 5.92 Å². The summed E-state index contributed by atoms with van der Waals surface area (Å²) in [5, 5.41) is 6.49. The fourth-order valence-electron chi connectivity index (χ4n) is 2.67. The second kappa shape index (κ2) is 7.69. The zero-order valence-electron chi connectivity index (χ0n) is 14.0. The van der Waals surface area contributed by atoms with Crippen LogP contribution in [0.25, 0.3) is 0 Å². The summed E-state index contributed by atoms with van der Waals surface area (Å²) in [5.74, 6) is -2.20. The van der Waals surface area contributed by atoms with E-state index in [0.717, 1.165) is 34.6 Å². The lowest BCUT2D eigenvalue weighted by molar-refractivity contribution is -0.00864. The van der Waals surface area contributed by atoms with Crippen LogP contribution in [0.1, 0.15) is 52.9 Å². The highest BCUT2D eigenvalue weighted by Gasteiger charge is 2.28. The zero-order chi connectivity index (χ0) is 17.0. The second-order valence-electron chi connectivity index (χ2n) is 6.07. The maximum Gasteiger partial charge on any atom is 0.249 e. The topological polar surface area (TPSA) is 28.0 Å². The molecular formula is C17H24BrF2N3. The fourth-order valence-corrected chi connectivity index (χ4v) is 3.10. The Labute approximate surface area is 145 Å². The van der Waals surface area contributed by atoms with Gasteiger partial charge >= 0.3 is 0 Å². The molecule has 0 amide bonds. The highest BCUT2D eigenvalue weighted by molar-refractivity contribution is 9.18. The summed E-state index contributed by atoms with van der Waals surface area (Å²) in [6.07, 6.45) is 6.34. The second-order valence-corrected chi connectivity index (χ2v) is 6.98.